The van der Waals surface area contributed by atoms with Crippen molar-refractivity contribution in [2.45, 2.75) is 56.6 Å². The van der Waals surface area contributed by atoms with Crippen molar-refractivity contribution in [2.24, 2.45) is 7.05 Å². The van der Waals surface area contributed by atoms with Crippen LogP contribution < -0.4 is 0 Å². The van der Waals surface area contributed by atoms with Crippen LogP contribution in [-0.2, 0) is 41.3 Å². The van der Waals surface area contributed by atoms with Crippen LogP contribution in [-0.4, -0.2) is 35.7 Å². The molecule has 1 aromatic heterocycles. The minimum Gasteiger partial charge on any atom is -0.376 e. The highest BCUT2D eigenvalue weighted by molar-refractivity contribution is 7.89. The molecule has 6 nitrogen and oxygen atoms in total. The van der Waals surface area contributed by atoms with E-state index in [1.54, 1.807) is 16.4 Å². The highest BCUT2D eigenvalue weighted by Gasteiger charge is 2.38. The first-order valence-electron chi connectivity index (χ1n) is 9.75. The topological polar surface area (TPSA) is 64.4 Å². The molecule has 1 saturated heterocycles. The van der Waals surface area contributed by atoms with Crippen molar-refractivity contribution in [2.75, 3.05) is 13.2 Å². The number of aromatic nitrogens is 2. The lowest BCUT2D eigenvalue weighted by Crippen LogP contribution is -2.39. The van der Waals surface area contributed by atoms with Crippen LogP contribution in [0.15, 0.2) is 29.2 Å². The Morgan fingerprint density at radius 2 is 2.00 bits per heavy atom. The maximum Gasteiger partial charge on any atom is 0.243 e. The second kappa shape index (κ2) is 7.37. The van der Waals surface area contributed by atoms with Gasteiger partial charge in [0.25, 0.3) is 0 Å². The molecule has 0 amide bonds. The molecule has 1 unspecified atom stereocenters. The van der Waals surface area contributed by atoms with Gasteiger partial charge >= 0.3 is 0 Å². The Labute approximate surface area is 161 Å². The molecule has 1 aromatic carbocycles. The third-order valence-electron chi connectivity index (χ3n) is 5.74. The van der Waals surface area contributed by atoms with Crippen molar-refractivity contribution in [3.8, 4) is 0 Å². The van der Waals surface area contributed by atoms with Gasteiger partial charge in [-0.2, -0.15) is 9.40 Å². The van der Waals surface area contributed by atoms with Crippen LogP contribution in [0.2, 0.25) is 0 Å². The van der Waals surface area contributed by atoms with Gasteiger partial charge in [0.15, 0.2) is 0 Å². The predicted molar refractivity (Wildman–Crippen MR) is 103 cm³/mol. The van der Waals surface area contributed by atoms with Crippen LogP contribution in [0.1, 0.15) is 54.7 Å². The van der Waals surface area contributed by atoms with Gasteiger partial charge in [0, 0.05) is 31.3 Å². The molecule has 2 aromatic rings. The number of piperidine rings is 1. The van der Waals surface area contributed by atoms with E-state index in [2.05, 4.69) is 6.92 Å². The fourth-order valence-electron chi connectivity index (χ4n) is 4.20. The Balaban J connectivity index is 1.72. The van der Waals surface area contributed by atoms with Crippen LogP contribution in [0.25, 0.3) is 0 Å². The van der Waals surface area contributed by atoms with Crippen LogP contribution in [0.3, 0.4) is 0 Å². The number of aryl methyl sites for hydroxylation is 2. The van der Waals surface area contributed by atoms with E-state index in [4.69, 9.17) is 9.84 Å². The van der Waals surface area contributed by atoms with Crippen molar-refractivity contribution in [1.82, 2.24) is 14.1 Å². The third-order valence-corrected chi connectivity index (χ3v) is 7.67. The van der Waals surface area contributed by atoms with Gasteiger partial charge in [0.2, 0.25) is 10.0 Å². The molecule has 0 bridgehead atoms. The molecule has 1 atom stereocenters. The molecule has 0 radical (unpaired) electrons. The van der Waals surface area contributed by atoms with Gasteiger partial charge < -0.3 is 4.74 Å². The van der Waals surface area contributed by atoms with Gasteiger partial charge in [0.1, 0.15) is 0 Å². The minimum atomic E-state index is -3.56. The predicted octanol–water partition coefficient (Wildman–Crippen LogP) is 2.97. The van der Waals surface area contributed by atoms with Crippen molar-refractivity contribution < 1.29 is 13.2 Å². The maximum absolute atomic E-state index is 13.4. The molecule has 27 heavy (non-hydrogen) atoms. The number of nitrogens with zero attached hydrogens (tertiary/aromatic N) is 3. The maximum atomic E-state index is 13.4. The van der Waals surface area contributed by atoms with Gasteiger partial charge in [-0.1, -0.05) is 25.5 Å². The van der Waals surface area contributed by atoms with Gasteiger partial charge in [-0.3, -0.25) is 4.68 Å². The quantitative estimate of drug-likeness (QED) is 0.806. The number of ether oxygens (including phenoxy) is 1. The van der Waals surface area contributed by atoms with Gasteiger partial charge in [-0.25, -0.2) is 8.42 Å². The molecule has 0 aliphatic carbocycles. The summed E-state index contributed by atoms with van der Waals surface area (Å²) < 4.78 is 36.0. The molecule has 4 rings (SSSR count). The average molecular weight is 390 g/mol. The largest absolute Gasteiger partial charge is 0.376 e. The van der Waals surface area contributed by atoms with E-state index < -0.39 is 10.0 Å². The van der Waals surface area contributed by atoms with Crippen molar-refractivity contribution in [3.63, 3.8) is 0 Å². The normalized spacial score (nSPS) is 21.2. The molecule has 2 aliphatic rings. The summed E-state index contributed by atoms with van der Waals surface area (Å²) in [6.07, 6.45) is 4.42. The summed E-state index contributed by atoms with van der Waals surface area (Å²) in [5, 5.41) is 4.73. The fourth-order valence-corrected chi connectivity index (χ4v) is 5.87. The van der Waals surface area contributed by atoms with E-state index in [-0.39, 0.29) is 6.04 Å². The van der Waals surface area contributed by atoms with E-state index in [0.29, 0.717) is 24.7 Å². The summed E-state index contributed by atoms with van der Waals surface area (Å²) in [7, 11) is -1.62. The summed E-state index contributed by atoms with van der Waals surface area (Å²) in [4.78, 5) is 0.368. The first-order chi connectivity index (χ1) is 13.0. The van der Waals surface area contributed by atoms with Crippen molar-refractivity contribution >= 4 is 10.0 Å². The summed E-state index contributed by atoms with van der Waals surface area (Å²) >= 11 is 0. The summed E-state index contributed by atoms with van der Waals surface area (Å²) in [5.74, 6) is 0. The Bertz CT molecular complexity index is 919. The molecule has 1 fully saturated rings. The monoisotopic (exact) mass is 389 g/mol. The number of hydrogen-bond acceptors (Lipinski definition) is 4. The molecule has 0 spiro atoms. The SMILES string of the molecule is CCc1ccc(S(=O)(=O)N2CCCCC2c2nn(C)c3c2COCC3)cc1. The molecule has 146 valence electrons. The highest BCUT2D eigenvalue weighted by atomic mass is 32.2. The fraction of sp³-hybridized carbons (Fsp3) is 0.550. The average Bonchev–Trinajstić information content (AvgIpc) is 3.05. The van der Waals surface area contributed by atoms with E-state index in [1.165, 1.54) is 5.69 Å². The lowest BCUT2D eigenvalue weighted by atomic mass is 9.97. The number of benzene rings is 1. The van der Waals surface area contributed by atoms with Crippen LogP contribution in [0.5, 0.6) is 0 Å². The van der Waals surface area contributed by atoms with E-state index in [0.717, 1.165) is 48.9 Å². The molecule has 7 heteroatoms. The number of sulfonamides is 1. The van der Waals surface area contributed by atoms with Crippen LogP contribution >= 0.6 is 0 Å². The number of fused-ring (bicyclic) bond motifs is 1. The molecular formula is C20H27N3O3S. The van der Waals surface area contributed by atoms with E-state index in [1.807, 2.05) is 23.9 Å². The Morgan fingerprint density at radius 3 is 2.74 bits per heavy atom. The Hall–Kier alpha value is -1.70. The molecule has 0 saturated carbocycles. The lowest BCUT2D eigenvalue weighted by molar-refractivity contribution is 0.107. The summed E-state index contributed by atoms with van der Waals surface area (Å²) in [5.41, 5.74) is 4.27. The van der Waals surface area contributed by atoms with Crippen LogP contribution in [0, 0.1) is 0 Å². The van der Waals surface area contributed by atoms with Gasteiger partial charge in [-0.05, 0) is 37.0 Å². The molecule has 3 heterocycles. The van der Waals surface area contributed by atoms with Gasteiger partial charge in [-0.15, -0.1) is 0 Å². The summed E-state index contributed by atoms with van der Waals surface area (Å²) in [6, 6.07) is 7.06. The third kappa shape index (κ3) is 3.32. The van der Waals surface area contributed by atoms with Crippen molar-refractivity contribution in [3.05, 3.63) is 46.8 Å². The minimum absolute atomic E-state index is 0.216. The highest BCUT2D eigenvalue weighted by Crippen LogP contribution is 2.38. The second-order valence-electron chi connectivity index (χ2n) is 7.36. The van der Waals surface area contributed by atoms with E-state index >= 15 is 0 Å². The number of rotatable bonds is 4. The van der Waals surface area contributed by atoms with Crippen LogP contribution in [0.4, 0.5) is 0 Å². The first-order valence-corrected chi connectivity index (χ1v) is 11.2. The Kier molecular flexibility index (Phi) is 5.09. The smallest absolute Gasteiger partial charge is 0.243 e. The zero-order valence-electron chi connectivity index (χ0n) is 16.0. The molecule has 0 N–H and O–H groups in total. The second-order valence-corrected chi connectivity index (χ2v) is 9.25. The lowest BCUT2D eigenvalue weighted by Gasteiger charge is -2.34. The van der Waals surface area contributed by atoms with Gasteiger partial charge in [0.05, 0.1) is 29.8 Å². The summed E-state index contributed by atoms with van der Waals surface area (Å²) in [6.45, 7) is 3.82. The standard InChI is InChI=1S/C20H27N3O3S/c1-3-15-7-9-16(10-8-15)27(24,25)23-12-5-4-6-19(23)20-17-14-26-13-11-18(17)22(2)21-20/h7-10,19H,3-6,11-14H2,1-2H3. The van der Waals surface area contributed by atoms with Crippen molar-refractivity contribution in [1.29, 1.82) is 0 Å². The molecular weight excluding hydrogens is 362 g/mol. The molecule has 2 aliphatic heterocycles. The number of hydrogen-bond donors (Lipinski definition) is 0. The zero-order chi connectivity index (χ0) is 19.0. The first kappa shape index (κ1) is 18.7. The zero-order valence-corrected chi connectivity index (χ0v) is 16.8. The van der Waals surface area contributed by atoms with E-state index in [9.17, 15) is 8.42 Å². The Morgan fingerprint density at radius 1 is 1.22 bits per heavy atom.